The SMILES string of the molecule is CC(=O)N1CSC[C@@H]1C(=O)O.N[C@@H](Cc1ccc(CS(=O)(=O)c2c(Cl)cccc2Cl)cc1)C(=O)O. The number of amides is 1. The van der Waals surface area contributed by atoms with Crippen LogP contribution in [0.1, 0.15) is 18.1 Å². The Hall–Kier alpha value is -2.31. The summed E-state index contributed by atoms with van der Waals surface area (Å²) in [5.41, 5.74) is 6.72. The molecule has 1 aliphatic heterocycles. The van der Waals surface area contributed by atoms with Gasteiger partial charge < -0.3 is 20.8 Å². The lowest BCUT2D eigenvalue weighted by atomic mass is 10.1. The topological polar surface area (TPSA) is 155 Å². The van der Waals surface area contributed by atoms with Crippen LogP contribution in [0.15, 0.2) is 47.4 Å². The fraction of sp³-hybridized carbons (Fsp3) is 0.318. The lowest BCUT2D eigenvalue weighted by molar-refractivity contribution is -0.147. The highest BCUT2D eigenvalue weighted by molar-refractivity contribution is 7.99. The first kappa shape index (κ1) is 28.9. The van der Waals surface area contributed by atoms with Gasteiger partial charge in [0.05, 0.1) is 21.7 Å². The summed E-state index contributed by atoms with van der Waals surface area (Å²) in [5.74, 6) is -1.41. The van der Waals surface area contributed by atoms with Crippen LogP contribution in [0.25, 0.3) is 0 Å². The van der Waals surface area contributed by atoms with Crippen molar-refractivity contribution in [2.24, 2.45) is 5.73 Å². The van der Waals surface area contributed by atoms with E-state index in [-0.39, 0.29) is 33.0 Å². The van der Waals surface area contributed by atoms with Gasteiger partial charge in [0.1, 0.15) is 17.0 Å². The molecule has 0 aliphatic carbocycles. The Morgan fingerprint density at radius 1 is 1.09 bits per heavy atom. The van der Waals surface area contributed by atoms with Gasteiger partial charge in [0.15, 0.2) is 9.84 Å². The van der Waals surface area contributed by atoms with Crippen LogP contribution in [0.5, 0.6) is 0 Å². The van der Waals surface area contributed by atoms with E-state index >= 15 is 0 Å². The molecule has 0 radical (unpaired) electrons. The summed E-state index contributed by atoms with van der Waals surface area (Å²) in [6.45, 7) is 1.39. The number of carboxylic acid groups (broad SMARTS) is 2. The molecule has 0 unspecified atom stereocenters. The van der Waals surface area contributed by atoms with Gasteiger partial charge in [-0.25, -0.2) is 13.2 Å². The van der Waals surface area contributed by atoms with Crippen molar-refractivity contribution in [1.29, 1.82) is 0 Å². The molecule has 1 saturated heterocycles. The number of aliphatic carboxylic acids is 2. The molecule has 13 heteroatoms. The molecule has 1 fully saturated rings. The van der Waals surface area contributed by atoms with Crippen LogP contribution in [0, 0.1) is 0 Å². The zero-order chi connectivity index (χ0) is 26.3. The van der Waals surface area contributed by atoms with Crippen molar-refractivity contribution in [1.82, 2.24) is 4.90 Å². The van der Waals surface area contributed by atoms with Crippen LogP contribution in [0.3, 0.4) is 0 Å². The van der Waals surface area contributed by atoms with Crippen molar-refractivity contribution in [3.63, 3.8) is 0 Å². The highest BCUT2D eigenvalue weighted by Crippen LogP contribution is 2.31. The van der Waals surface area contributed by atoms with E-state index in [4.69, 9.17) is 39.1 Å². The molecule has 1 amide bonds. The number of rotatable bonds is 7. The van der Waals surface area contributed by atoms with Crippen molar-refractivity contribution >= 4 is 62.6 Å². The van der Waals surface area contributed by atoms with Crippen molar-refractivity contribution < 1.29 is 33.0 Å². The molecule has 4 N–H and O–H groups in total. The minimum Gasteiger partial charge on any atom is -0.480 e. The molecule has 35 heavy (non-hydrogen) atoms. The quantitative estimate of drug-likeness (QED) is 0.461. The molecule has 0 spiro atoms. The third kappa shape index (κ3) is 8.11. The fourth-order valence-electron chi connectivity index (χ4n) is 3.14. The Bertz CT molecular complexity index is 1150. The molecule has 1 aliphatic rings. The molecule has 3 rings (SSSR count). The van der Waals surface area contributed by atoms with Gasteiger partial charge in [-0.1, -0.05) is 53.5 Å². The Kier molecular flexibility index (Phi) is 10.4. The Balaban J connectivity index is 0.000000328. The number of thioether (sulfide) groups is 1. The summed E-state index contributed by atoms with van der Waals surface area (Å²) in [4.78, 5) is 33.3. The predicted octanol–water partition coefficient (Wildman–Crippen LogP) is 2.91. The van der Waals surface area contributed by atoms with Gasteiger partial charge >= 0.3 is 11.9 Å². The van der Waals surface area contributed by atoms with Crippen LogP contribution in [0.4, 0.5) is 0 Å². The van der Waals surface area contributed by atoms with Gasteiger partial charge in [0.2, 0.25) is 5.91 Å². The number of hydrogen-bond acceptors (Lipinski definition) is 7. The number of hydrogen-bond donors (Lipinski definition) is 3. The maximum Gasteiger partial charge on any atom is 0.327 e. The van der Waals surface area contributed by atoms with Crippen LogP contribution in [-0.4, -0.2) is 65.1 Å². The number of carbonyl (C=O) groups is 3. The number of benzene rings is 2. The first-order valence-electron chi connectivity index (χ1n) is 10.1. The lowest BCUT2D eigenvalue weighted by Gasteiger charge is -2.17. The second-order valence-electron chi connectivity index (χ2n) is 7.62. The summed E-state index contributed by atoms with van der Waals surface area (Å²) in [6, 6.07) is 9.44. The molecule has 0 bridgehead atoms. The first-order chi connectivity index (χ1) is 16.3. The average Bonchev–Trinajstić information content (AvgIpc) is 3.26. The van der Waals surface area contributed by atoms with Gasteiger partial charge in [-0.05, 0) is 29.7 Å². The minimum atomic E-state index is -3.71. The summed E-state index contributed by atoms with van der Waals surface area (Å²) in [5, 5.41) is 17.6. The van der Waals surface area contributed by atoms with Crippen molar-refractivity contribution in [2.75, 3.05) is 11.6 Å². The zero-order valence-corrected chi connectivity index (χ0v) is 21.7. The highest BCUT2D eigenvalue weighted by atomic mass is 35.5. The van der Waals surface area contributed by atoms with E-state index in [2.05, 4.69) is 0 Å². The van der Waals surface area contributed by atoms with Gasteiger partial charge in [-0.3, -0.25) is 9.59 Å². The van der Waals surface area contributed by atoms with Gasteiger partial charge in [-0.15, -0.1) is 11.8 Å². The van der Waals surface area contributed by atoms with Crippen molar-refractivity contribution in [3.05, 3.63) is 63.6 Å². The normalized spacial score (nSPS) is 16.2. The third-order valence-electron chi connectivity index (χ3n) is 4.95. The summed E-state index contributed by atoms with van der Waals surface area (Å²) >= 11 is 13.4. The summed E-state index contributed by atoms with van der Waals surface area (Å²) in [6.07, 6.45) is 0.165. The van der Waals surface area contributed by atoms with E-state index < -0.39 is 33.9 Å². The molecule has 0 aromatic heterocycles. The molecule has 1 heterocycles. The maximum absolute atomic E-state index is 12.5. The second-order valence-corrected chi connectivity index (χ2v) is 11.4. The number of nitrogens with zero attached hydrogens (tertiary/aromatic N) is 1. The van der Waals surface area contributed by atoms with Crippen LogP contribution >= 0.6 is 35.0 Å². The number of sulfone groups is 1. The average molecular weight is 563 g/mol. The van der Waals surface area contributed by atoms with Crippen LogP contribution in [-0.2, 0) is 36.4 Å². The summed E-state index contributed by atoms with van der Waals surface area (Å²) < 4.78 is 25.1. The highest BCUT2D eigenvalue weighted by Gasteiger charge is 2.32. The molecule has 2 aromatic carbocycles. The number of halogens is 2. The third-order valence-corrected chi connectivity index (χ3v) is 8.60. The monoisotopic (exact) mass is 562 g/mol. The molecule has 9 nitrogen and oxygen atoms in total. The standard InChI is InChI=1S/C16H15Cl2NO4S.C6H9NO3S/c17-12-2-1-3-13(18)15(12)24(22,23)9-11-6-4-10(5-7-11)8-14(19)16(20)21;1-4(8)7-3-11-2-5(7)6(9)10/h1-7,14H,8-9,19H2,(H,20,21);5H,2-3H2,1H3,(H,9,10)/t14-;5-/m01/s1. The van der Waals surface area contributed by atoms with E-state index in [9.17, 15) is 22.8 Å². The Morgan fingerprint density at radius 3 is 2.09 bits per heavy atom. The largest absolute Gasteiger partial charge is 0.480 e. The van der Waals surface area contributed by atoms with Gasteiger partial charge in [0.25, 0.3) is 0 Å². The van der Waals surface area contributed by atoms with E-state index in [0.29, 0.717) is 22.8 Å². The van der Waals surface area contributed by atoms with Gasteiger partial charge in [0, 0.05) is 12.7 Å². The molecule has 0 saturated carbocycles. The molecule has 2 aromatic rings. The molecular weight excluding hydrogens is 539 g/mol. The predicted molar refractivity (Wildman–Crippen MR) is 134 cm³/mol. The molecule has 2 atom stereocenters. The Morgan fingerprint density at radius 2 is 1.63 bits per heavy atom. The molecular formula is C22H24Cl2N2O7S2. The maximum atomic E-state index is 12.5. The smallest absolute Gasteiger partial charge is 0.327 e. The van der Waals surface area contributed by atoms with E-state index in [1.165, 1.54) is 35.7 Å². The van der Waals surface area contributed by atoms with Crippen LogP contribution < -0.4 is 5.73 Å². The zero-order valence-electron chi connectivity index (χ0n) is 18.6. The van der Waals surface area contributed by atoms with Crippen LogP contribution in [0.2, 0.25) is 10.0 Å². The van der Waals surface area contributed by atoms with E-state index in [0.717, 1.165) is 0 Å². The number of carboxylic acids is 2. The Labute approximate surface area is 217 Å². The minimum absolute atomic E-state index is 0.0755. The van der Waals surface area contributed by atoms with E-state index in [1.807, 2.05) is 0 Å². The number of nitrogens with two attached hydrogens (primary N) is 1. The van der Waals surface area contributed by atoms with Crippen molar-refractivity contribution in [3.8, 4) is 0 Å². The van der Waals surface area contributed by atoms with E-state index in [1.54, 1.807) is 30.3 Å². The number of carbonyl (C=O) groups excluding carboxylic acids is 1. The second kappa shape index (κ2) is 12.6. The molecule has 190 valence electrons. The first-order valence-corrected chi connectivity index (χ1v) is 13.7. The van der Waals surface area contributed by atoms with Crippen molar-refractivity contribution in [2.45, 2.75) is 36.1 Å². The van der Waals surface area contributed by atoms with Gasteiger partial charge in [-0.2, -0.15) is 0 Å². The summed E-state index contributed by atoms with van der Waals surface area (Å²) in [7, 11) is -3.71. The fourth-order valence-corrected chi connectivity index (χ4v) is 6.96. The lowest BCUT2D eigenvalue weighted by Crippen LogP contribution is -2.40.